The van der Waals surface area contributed by atoms with Crippen LogP contribution in [0.3, 0.4) is 0 Å². The molecule has 0 radical (unpaired) electrons. The van der Waals surface area contributed by atoms with Crippen LogP contribution in [-0.2, 0) is 0 Å². The Morgan fingerprint density at radius 2 is 2.46 bits per heavy atom. The number of aromatic nitrogens is 2. The first kappa shape index (κ1) is 8.75. The van der Waals surface area contributed by atoms with Crippen LogP contribution < -0.4 is 5.73 Å². The second-order valence-corrected chi connectivity index (χ2v) is 3.99. The van der Waals surface area contributed by atoms with E-state index in [4.69, 9.17) is 5.73 Å². The van der Waals surface area contributed by atoms with E-state index in [1.54, 1.807) is 0 Å². The van der Waals surface area contributed by atoms with Crippen LogP contribution in [0.4, 0.5) is 0 Å². The third-order valence-electron chi connectivity index (χ3n) is 2.99. The molecule has 0 amide bonds. The van der Waals surface area contributed by atoms with E-state index in [2.05, 4.69) is 22.9 Å². The molecule has 1 fully saturated rings. The molecule has 72 valence electrons. The minimum absolute atomic E-state index is 0.554. The summed E-state index contributed by atoms with van der Waals surface area (Å²) in [5.41, 5.74) is 6.97. The SMILES string of the molecule is Cc1cnn(C2CCCC2CN)c1. The number of rotatable bonds is 2. The third-order valence-corrected chi connectivity index (χ3v) is 2.99. The van der Waals surface area contributed by atoms with Gasteiger partial charge in [0.1, 0.15) is 0 Å². The van der Waals surface area contributed by atoms with Gasteiger partial charge in [-0.25, -0.2) is 0 Å². The Hall–Kier alpha value is -0.830. The van der Waals surface area contributed by atoms with E-state index in [1.807, 2.05) is 6.20 Å². The smallest absolute Gasteiger partial charge is 0.0559 e. The Balaban J connectivity index is 2.15. The quantitative estimate of drug-likeness (QED) is 0.747. The zero-order chi connectivity index (χ0) is 9.26. The second-order valence-electron chi connectivity index (χ2n) is 3.99. The van der Waals surface area contributed by atoms with Gasteiger partial charge >= 0.3 is 0 Å². The van der Waals surface area contributed by atoms with Crippen LogP contribution in [0.2, 0.25) is 0 Å². The van der Waals surface area contributed by atoms with Gasteiger partial charge in [-0.15, -0.1) is 0 Å². The number of aryl methyl sites for hydroxylation is 1. The van der Waals surface area contributed by atoms with E-state index < -0.39 is 0 Å². The molecule has 0 aliphatic heterocycles. The molecule has 1 heterocycles. The van der Waals surface area contributed by atoms with E-state index in [0.29, 0.717) is 12.0 Å². The van der Waals surface area contributed by atoms with Crippen molar-refractivity contribution >= 4 is 0 Å². The molecule has 1 aliphatic rings. The number of nitrogens with zero attached hydrogens (tertiary/aromatic N) is 2. The van der Waals surface area contributed by atoms with Crippen molar-refractivity contribution in [2.45, 2.75) is 32.2 Å². The van der Waals surface area contributed by atoms with Crippen LogP contribution in [0.1, 0.15) is 30.9 Å². The van der Waals surface area contributed by atoms with Crippen molar-refractivity contribution in [1.29, 1.82) is 0 Å². The molecule has 0 saturated heterocycles. The van der Waals surface area contributed by atoms with E-state index in [0.717, 1.165) is 6.54 Å². The monoisotopic (exact) mass is 179 g/mol. The molecule has 1 saturated carbocycles. The van der Waals surface area contributed by atoms with Crippen LogP contribution in [0.25, 0.3) is 0 Å². The molecule has 13 heavy (non-hydrogen) atoms. The fourth-order valence-electron chi connectivity index (χ4n) is 2.25. The topological polar surface area (TPSA) is 43.8 Å². The van der Waals surface area contributed by atoms with Crippen LogP contribution in [0.5, 0.6) is 0 Å². The first-order chi connectivity index (χ1) is 6.31. The van der Waals surface area contributed by atoms with E-state index in [9.17, 15) is 0 Å². The van der Waals surface area contributed by atoms with Gasteiger partial charge in [0.05, 0.1) is 12.2 Å². The fraction of sp³-hybridized carbons (Fsp3) is 0.700. The Morgan fingerprint density at radius 3 is 3.08 bits per heavy atom. The summed E-state index contributed by atoms with van der Waals surface area (Å²) in [6.07, 6.45) is 7.85. The summed E-state index contributed by atoms with van der Waals surface area (Å²) >= 11 is 0. The molecule has 3 heteroatoms. The maximum Gasteiger partial charge on any atom is 0.0559 e. The highest BCUT2D eigenvalue weighted by Gasteiger charge is 2.27. The molecule has 2 atom stereocenters. The lowest BCUT2D eigenvalue weighted by Crippen LogP contribution is -2.21. The minimum atomic E-state index is 0.554. The van der Waals surface area contributed by atoms with Crippen molar-refractivity contribution in [3.8, 4) is 0 Å². The summed E-state index contributed by atoms with van der Waals surface area (Å²) in [6.45, 7) is 2.87. The predicted molar refractivity (Wildman–Crippen MR) is 52.4 cm³/mol. The predicted octanol–water partition coefficient (Wildman–Crippen LogP) is 1.49. The largest absolute Gasteiger partial charge is 0.330 e. The van der Waals surface area contributed by atoms with Gasteiger partial charge in [0.2, 0.25) is 0 Å². The molecule has 2 unspecified atom stereocenters. The summed E-state index contributed by atoms with van der Waals surface area (Å²) in [7, 11) is 0. The zero-order valence-electron chi connectivity index (χ0n) is 8.11. The summed E-state index contributed by atoms with van der Waals surface area (Å²) in [5, 5.41) is 4.36. The highest BCUT2D eigenvalue weighted by Crippen LogP contribution is 2.34. The third kappa shape index (κ3) is 1.61. The van der Waals surface area contributed by atoms with Gasteiger partial charge in [-0.05, 0) is 37.8 Å². The highest BCUT2D eigenvalue weighted by molar-refractivity contribution is 5.01. The van der Waals surface area contributed by atoms with Gasteiger partial charge in [-0.1, -0.05) is 6.42 Å². The number of hydrogen-bond donors (Lipinski definition) is 1. The Kier molecular flexibility index (Phi) is 2.36. The summed E-state index contributed by atoms with van der Waals surface area (Å²) in [4.78, 5) is 0. The number of hydrogen-bond acceptors (Lipinski definition) is 2. The lowest BCUT2D eigenvalue weighted by atomic mass is 10.0. The van der Waals surface area contributed by atoms with Gasteiger partial charge in [0.25, 0.3) is 0 Å². The molecule has 2 rings (SSSR count). The van der Waals surface area contributed by atoms with Gasteiger partial charge < -0.3 is 5.73 Å². The van der Waals surface area contributed by atoms with E-state index >= 15 is 0 Å². The first-order valence-electron chi connectivity index (χ1n) is 5.02. The van der Waals surface area contributed by atoms with Crippen molar-refractivity contribution < 1.29 is 0 Å². The molecule has 1 aromatic rings. The Labute approximate surface area is 78.9 Å². The lowest BCUT2D eigenvalue weighted by Gasteiger charge is -2.17. The molecule has 0 spiro atoms. The van der Waals surface area contributed by atoms with Crippen LogP contribution in [-0.4, -0.2) is 16.3 Å². The lowest BCUT2D eigenvalue weighted by molar-refractivity contribution is 0.358. The molecular weight excluding hydrogens is 162 g/mol. The van der Waals surface area contributed by atoms with Crippen LogP contribution in [0.15, 0.2) is 12.4 Å². The highest BCUT2D eigenvalue weighted by atomic mass is 15.3. The standard InChI is InChI=1S/C10H17N3/c1-8-6-12-13(7-8)10-4-2-3-9(10)5-11/h6-7,9-10H,2-5,11H2,1H3. The minimum Gasteiger partial charge on any atom is -0.330 e. The molecule has 3 nitrogen and oxygen atoms in total. The van der Waals surface area contributed by atoms with Crippen molar-refractivity contribution in [2.24, 2.45) is 11.7 Å². The van der Waals surface area contributed by atoms with Crippen molar-refractivity contribution in [2.75, 3.05) is 6.54 Å². The average Bonchev–Trinajstić information content (AvgIpc) is 2.71. The normalized spacial score (nSPS) is 28.2. The fourth-order valence-corrected chi connectivity index (χ4v) is 2.25. The second kappa shape index (κ2) is 3.50. The Bertz CT molecular complexity index is 279. The van der Waals surface area contributed by atoms with Crippen molar-refractivity contribution in [3.05, 3.63) is 18.0 Å². The summed E-state index contributed by atoms with van der Waals surface area (Å²) < 4.78 is 2.10. The molecule has 2 N–H and O–H groups in total. The van der Waals surface area contributed by atoms with Gasteiger partial charge in [0.15, 0.2) is 0 Å². The van der Waals surface area contributed by atoms with Crippen LogP contribution >= 0.6 is 0 Å². The molecular formula is C10H17N3. The van der Waals surface area contributed by atoms with Gasteiger partial charge in [-0.2, -0.15) is 5.10 Å². The molecule has 1 aromatic heterocycles. The maximum absolute atomic E-state index is 5.73. The zero-order valence-corrected chi connectivity index (χ0v) is 8.11. The summed E-state index contributed by atoms with van der Waals surface area (Å²) in [6, 6.07) is 0.554. The maximum atomic E-state index is 5.73. The van der Waals surface area contributed by atoms with Crippen molar-refractivity contribution in [3.63, 3.8) is 0 Å². The number of nitrogens with two attached hydrogens (primary N) is 1. The molecule has 0 aromatic carbocycles. The van der Waals surface area contributed by atoms with E-state index in [-0.39, 0.29) is 0 Å². The van der Waals surface area contributed by atoms with Gasteiger partial charge in [0, 0.05) is 6.20 Å². The average molecular weight is 179 g/mol. The van der Waals surface area contributed by atoms with E-state index in [1.165, 1.54) is 24.8 Å². The summed E-state index contributed by atoms with van der Waals surface area (Å²) in [5.74, 6) is 0.638. The first-order valence-corrected chi connectivity index (χ1v) is 5.02. The molecule has 1 aliphatic carbocycles. The van der Waals surface area contributed by atoms with Crippen LogP contribution in [0, 0.1) is 12.8 Å². The molecule has 0 bridgehead atoms. The van der Waals surface area contributed by atoms with Crippen molar-refractivity contribution in [1.82, 2.24) is 9.78 Å². The van der Waals surface area contributed by atoms with Gasteiger partial charge in [-0.3, -0.25) is 4.68 Å². The Morgan fingerprint density at radius 1 is 1.62 bits per heavy atom.